The van der Waals surface area contributed by atoms with Crippen molar-refractivity contribution in [1.29, 1.82) is 0 Å². The van der Waals surface area contributed by atoms with Gasteiger partial charge in [-0.1, -0.05) is 22.9 Å². The number of esters is 1. The highest BCUT2D eigenvalue weighted by Gasteiger charge is 2.38. The molecule has 1 aromatic carbocycles. The van der Waals surface area contributed by atoms with Crippen LogP contribution in [0.25, 0.3) is 10.5 Å². The molecule has 0 N–H and O–H groups in total. The predicted octanol–water partition coefficient (Wildman–Crippen LogP) is 4.20. The minimum atomic E-state index is -4.74. The number of rotatable bonds is 6. The Balaban J connectivity index is 2.07. The Morgan fingerprint density at radius 2 is 1.97 bits per heavy atom. The van der Waals surface area contributed by atoms with Gasteiger partial charge in [0.2, 0.25) is 4.96 Å². The van der Waals surface area contributed by atoms with Crippen molar-refractivity contribution >= 4 is 39.4 Å². The number of hydrogen-bond donors (Lipinski definition) is 0. The average Bonchev–Trinajstić information content (AvgIpc) is 3.23. The van der Waals surface area contributed by atoms with E-state index in [1.165, 1.54) is 7.11 Å². The van der Waals surface area contributed by atoms with E-state index in [0.717, 1.165) is 29.2 Å². The smallest absolute Gasteiger partial charge is 0.453 e. The monoisotopic (exact) mass is 447 g/mol. The summed E-state index contributed by atoms with van der Waals surface area (Å²) in [5.74, 6) is -1.66. The number of halogens is 4. The number of alkyl halides is 3. The minimum Gasteiger partial charge on any atom is -0.503 e. The van der Waals surface area contributed by atoms with Crippen molar-refractivity contribution in [2.24, 2.45) is 0 Å². The number of thiazole rings is 1. The summed E-state index contributed by atoms with van der Waals surface area (Å²) in [4.78, 5) is 16.1. The zero-order valence-corrected chi connectivity index (χ0v) is 16.6. The topological polar surface area (TPSA) is 75.0 Å². The van der Waals surface area contributed by atoms with Crippen LogP contribution in [0.15, 0.2) is 30.5 Å². The summed E-state index contributed by atoms with van der Waals surface area (Å²) >= 11 is 6.73. The van der Waals surface area contributed by atoms with Gasteiger partial charge >= 0.3 is 12.1 Å². The molecule has 0 fully saturated rings. The van der Waals surface area contributed by atoms with E-state index in [4.69, 9.17) is 25.8 Å². The molecule has 0 aliphatic carbocycles. The van der Waals surface area contributed by atoms with Crippen LogP contribution < -0.4 is 4.74 Å². The minimum absolute atomic E-state index is 0.0377. The van der Waals surface area contributed by atoms with Crippen molar-refractivity contribution < 1.29 is 32.2 Å². The molecule has 7 nitrogen and oxygen atoms in total. The lowest BCUT2D eigenvalue weighted by Gasteiger charge is -2.09. The van der Waals surface area contributed by atoms with Crippen LogP contribution in [-0.4, -0.2) is 34.8 Å². The standard InChI is InChI=1S/C17H13ClF3N3O4S/c1-26-7-11(14(25)27-2)13-12(8-28-10-5-3-9(18)4-6-10)29-16-22-15(17(19,20)21)23-24(13)16/h3-7H,8H2,1-2H3. The number of methoxy groups -OCH3 is 2. The Hall–Kier alpha value is -2.79. The van der Waals surface area contributed by atoms with E-state index in [1.54, 1.807) is 24.3 Å². The Kier molecular flexibility index (Phi) is 5.99. The molecule has 0 atom stereocenters. The molecule has 2 heterocycles. The summed E-state index contributed by atoms with van der Waals surface area (Å²) < 4.78 is 55.3. The van der Waals surface area contributed by atoms with Gasteiger partial charge in [-0.15, -0.1) is 5.10 Å². The Morgan fingerprint density at radius 1 is 1.28 bits per heavy atom. The van der Waals surface area contributed by atoms with Gasteiger partial charge in [-0.05, 0) is 24.3 Å². The number of carbonyl (C=O) groups excluding carboxylic acids is 1. The SMILES string of the molecule is COC=C(C(=O)OC)c1c(COc2ccc(Cl)cc2)sc2nc(C(F)(F)F)nn12. The summed E-state index contributed by atoms with van der Waals surface area (Å²) in [6, 6.07) is 6.52. The average molecular weight is 448 g/mol. The van der Waals surface area contributed by atoms with Gasteiger partial charge in [0.05, 0.1) is 25.4 Å². The van der Waals surface area contributed by atoms with Crippen LogP contribution in [0.2, 0.25) is 5.02 Å². The zero-order valence-electron chi connectivity index (χ0n) is 15.0. The summed E-state index contributed by atoms with van der Waals surface area (Å²) in [7, 11) is 2.43. The van der Waals surface area contributed by atoms with Gasteiger partial charge in [0.1, 0.15) is 23.6 Å². The van der Waals surface area contributed by atoms with E-state index in [1.807, 2.05) is 0 Å². The molecule has 3 rings (SSSR count). The van der Waals surface area contributed by atoms with Crippen LogP contribution in [0, 0.1) is 0 Å². The number of nitrogens with zero attached hydrogens (tertiary/aromatic N) is 3. The molecule has 29 heavy (non-hydrogen) atoms. The first kappa shape index (κ1) is 20.9. The van der Waals surface area contributed by atoms with Crippen molar-refractivity contribution in [3.05, 3.63) is 51.9 Å². The highest BCUT2D eigenvalue weighted by Crippen LogP contribution is 2.33. The highest BCUT2D eigenvalue weighted by molar-refractivity contribution is 7.17. The first-order chi connectivity index (χ1) is 13.7. The van der Waals surface area contributed by atoms with Crippen molar-refractivity contribution in [2.75, 3.05) is 14.2 Å². The van der Waals surface area contributed by atoms with Crippen LogP contribution >= 0.6 is 22.9 Å². The lowest BCUT2D eigenvalue weighted by atomic mass is 10.2. The Labute approximate surface area is 171 Å². The van der Waals surface area contributed by atoms with E-state index in [0.29, 0.717) is 15.6 Å². The molecule has 0 spiro atoms. The number of benzene rings is 1. The van der Waals surface area contributed by atoms with Gasteiger partial charge < -0.3 is 14.2 Å². The van der Waals surface area contributed by atoms with Crippen molar-refractivity contribution in [2.45, 2.75) is 12.8 Å². The molecule has 0 saturated heterocycles. The van der Waals surface area contributed by atoms with E-state index >= 15 is 0 Å². The molecule has 154 valence electrons. The molecule has 0 radical (unpaired) electrons. The molecule has 0 bridgehead atoms. The van der Waals surface area contributed by atoms with E-state index in [2.05, 4.69) is 10.1 Å². The molecule has 3 aromatic rings. The number of hydrogen-bond acceptors (Lipinski definition) is 7. The second-order valence-corrected chi connectivity index (χ2v) is 7.00. The summed E-state index contributed by atoms with van der Waals surface area (Å²) in [5, 5.41) is 4.03. The lowest BCUT2D eigenvalue weighted by molar-refractivity contribution is -0.144. The molecule has 0 unspecified atom stereocenters. The van der Waals surface area contributed by atoms with Gasteiger partial charge in [-0.2, -0.15) is 18.2 Å². The van der Waals surface area contributed by atoms with Crippen molar-refractivity contribution in [3.8, 4) is 5.75 Å². The Morgan fingerprint density at radius 3 is 2.55 bits per heavy atom. The molecule has 0 amide bonds. The largest absolute Gasteiger partial charge is 0.503 e. The normalized spacial score (nSPS) is 12.3. The van der Waals surface area contributed by atoms with Crippen LogP contribution in [-0.2, 0) is 27.1 Å². The molecule has 12 heteroatoms. The van der Waals surface area contributed by atoms with Gasteiger partial charge in [-0.3, -0.25) is 0 Å². The van der Waals surface area contributed by atoms with Crippen LogP contribution in [0.4, 0.5) is 13.2 Å². The quantitative estimate of drug-likeness (QED) is 0.320. The molecule has 0 saturated carbocycles. The van der Waals surface area contributed by atoms with Crippen LogP contribution in [0.5, 0.6) is 5.75 Å². The summed E-state index contributed by atoms with van der Waals surface area (Å²) in [6.45, 7) is -0.0634. The highest BCUT2D eigenvalue weighted by atomic mass is 35.5. The molecular weight excluding hydrogens is 435 g/mol. The van der Waals surface area contributed by atoms with Gasteiger partial charge in [-0.25, -0.2) is 9.31 Å². The van der Waals surface area contributed by atoms with Crippen LogP contribution in [0.1, 0.15) is 16.4 Å². The molecule has 0 aliphatic rings. The molecular formula is C17H13ClF3N3O4S. The van der Waals surface area contributed by atoms with Crippen LogP contribution in [0.3, 0.4) is 0 Å². The predicted molar refractivity (Wildman–Crippen MR) is 98.7 cm³/mol. The fourth-order valence-electron chi connectivity index (χ4n) is 2.38. The van der Waals surface area contributed by atoms with E-state index < -0.39 is 18.0 Å². The van der Waals surface area contributed by atoms with Crippen molar-refractivity contribution in [1.82, 2.24) is 14.6 Å². The maximum absolute atomic E-state index is 13.0. The van der Waals surface area contributed by atoms with E-state index in [-0.39, 0.29) is 22.8 Å². The second-order valence-electron chi connectivity index (χ2n) is 5.50. The number of carbonyl (C=O) groups is 1. The van der Waals surface area contributed by atoms with Gasteiger partial charge in [0.25, 0.3) is 5.82 Å². The third-order valence-corrected chi connectivity index (χ3v) is 4.86. The van der Waals surface area contributed by atoms with E-state index in [9.17, 15) is 18.0 Å². The van der Waals surface area contributed by atoms with Crippen molar-refractivity contribution in [3.63, 3.8) is 0 Å². The third-order valence-electron chi connectivity index (χ3n) is 3.60. The second kappa shape index (κ2) is 8.29. The maximum Gasteiger partial charge on any atom is 0.453 e. The summed E-state index contributed by atoms with van der Waals surface area (Å²) in [6.07, 6.45) is -3.67. The fraction of sp³-hybridized carbons (Fsp3) is 0.235. The van der Waals surface area contributed by atoms with Gasteiger partial charge in [0, 0.05) is 5.02 Å². The first-order valence-corrected chi connectivity index (χ1v) is 9.09. The Bertz CT molecular complexity index is 1060. The van der Waals surface area contributed by atoms with Gasteiger partial charge in [0.15, 0.2) is 0 Å². The number of fused-ring (bicyclic) bond motifs is 1. The lowest BCUT2D eigenvalue weighted by Crippen LogP contribution is -2.12. The maximum atomic E-state index is 13.0. The first-order valence-electron chi connectivity index (χ1n) is 7.90. The zero-order chi connectivity index (χ0) is 21.2. The fourth-order valence-corrected chi connectivity index (χ4v) is 3.48. The molecule has 2 aromatic heterocycles. The summed E-state index contributed by atoms with van der Waals surface area (Å²) in [5.41, 5.74) is -0.0924. The third kappa shape index (κ3) is 4.46. The number of aromatic nitrogens is 3. The molecule has 0 aliphatic heterocycles. The number of ether oxygens (including phenoxy) is 3.